The van der Waals surface area contributed by atoms with Crippen molar-refractivity contribution in [3.63, 3.8) is 0 Å². The molecule has 0 aliphatic carbocycles. The van der Waals surface area contributed by atoms with Gasteiger partial charge >= 0.3 is 6.18 Å². The van der Waals surface area contributed by atoms with E-state index in [1.165, 1.54) is 29.5 Å². The maximum Gasteiger partial charge on any atom is 0.417 e. The number of aromatic nitrogens is 3. The van der Waals surface area contributed by atoms with Crippen LogP contribution in [0.3, 0.4) is 0 Å². The van der Waals surface area contributed by atoms with Gasteiger partial charge in [-0.1, -0.05) is 0 Å². The minimum atomic E-state index is -4.48. The van der Waals surface area contributed by atoms with Crippen LogP contribution in [0, 0.1) is 0 Å². The third-order valence-corrected chi connectivity index (χ3v) is 5.17. The second-order valence-electron chi connectivity index (χ2n) is 6.29. The molecule has 0 fully saturated rings. The van der Waals surface area contributed by atoms with Gasteiger partial charge in [-0.2, -0.15) is 13.2 Å². The molecule has 6 N–H and O–H groups in total. The van der Waals surface area contributed by atoms with Crippen molar-refractivity contribution >= 4 is 17.2 Å². The van der Waals surface area contributed by atoms with E-state index in [1.807, 2.05) is 0 Å². The van der Waals surface area contributed by atoms with E-state index >= 15 is 0 Å². The summed E-state index contributed by atoms with van der Waals surface area (Å²) >= 11 is 1.18. The number of alkyl halides is 3. The summed E-state index contributed by atoms with van der Waals surface area (Å²) < 4.78 is 38.0. The van der Waals surface area contributed by atoms with Crippen molar-refractivity contribution < 1.29 is 28.2 Å². The Bertz CT molecular complexity index is 1000. The van der Waals surface area contributed by atoms with Crippen molar-refractivity contribution in [1.82, 2.24) is 20.3 Å². The monoisotopic (exact) mass is 441 g/mol. The standard InChI is InChI=1S/C18H18F3N5O3S/c19-18(20,21)9-1-2-10(23-6-9)11-3-4-12(24-11)16(29)25-13(5-22)17-26-14(8-30-17)15(28)7-27/h1-4,6,8,13,15,24,27-28H,5,7,22H2,(H,25,29)/t13-,15?/m0/s1. The average molecular weight is 441 g/mol. The number of aliphatic hydroxyl groups is 2. The number of nitrogens with two attached hydrogens (primary N) is 1. The van der Waals surface area contributed by atoms with Gasteiger partial charge in [0, 0.05) is 18.1 Å². The average Bonchev–Trinajstić information content (AvgIpc) is 3.41. The van der Waals surface area contributed by atoms with Crippen molar-refractivity contribution in [2.45, 2.75) is 18.3 Å². The Morgan fingerprint density at radius 3 is 2.67 bits per heavy atom. The Kier molecular flexibility index (Phi) is 6.51. The molecule has 160 valence electrons. The SMILES string of the molecule is NC[C@H](NC(=O)c1ccc(-c2ccc(C(F)(F)F)cn2)[nH]1)c1nc(C(O)CO)cs1. The van der Waals surface area contributed by atoms with Crippen LogP contribution in [0.1, 0.15) is 38.9 Å². The van der Waals surface area contributed by atoms with Crippen LogP contribution in [0.25, 0.3) is 11.4 Å². The van der Waals surface area contributed by atoms with E-state index in [1.54, 1.807) is 5.38 Å². The molecule has 0 aromatic carbocycles. The smallest absolute Gasteiger partial charge is 0.393 e. The maximum absolute atomic E-state index is 12.7. The predicted octanol–water partition coefficient (Wildman–Crippen LogP) is 2.01. The summed E-state index contributed by atoms with van der Waals surface area (Å²) in [7, 11) is 0. The molecule has 3 aromatic rings. The van der Waals surface area contributed by atoms with Crippen LogP contribution in [0.2, 0.25) is 0 Å². The van der Waals surface area contributed by atoms with E-state index in [2.05, 4.69) is 20.3 Å². The van der Waals surface area contributed by atoms with E-state index in [0.29, 0.717) is 10.7 Å². The van der Waals surface area contributed by atoms with Gasteiger partial charge in [-0.15, -0.1) is 11.3 Å². The first-order chi connectivity index (χ1) is 14.2. The molecule has 0 saturated heterocycles. The number of nitrogens with one attached hydrogen (secondary N) is 2. The number of hydrogen-bond donors (Lipinski definition) is 5. The zero-order chi connectivity index (χ0) is 21.9. The number of carbonyl (C=O) groups excluding carboxylic acids is 1. The second-order valence-corrected chi connectivity index (χ2v) is 7.18. The summed E-state index contributed by atoms with van der Waals surface area (Å²) in [6.45, 7) is -0.437. The van der Waals surface area contributed by atoms with Crippen LogP contribution >= 0.6 is 11.3 Å². The molecule has 0 saturated carbocycles. The number of aliphatic hydroxyl groups excluding tert-OH is 2. The zero-order valence-electron chi connectivity index (χ0n) is 15.3. The Morgan fingerprint density at radius 1 is 1.30 bits per heavy atom. The van der Waals surface area contributed by atoms with Crippen LogP contribution in [0.4, 0.5) is 13.2 Å². The lowest BCUT2D eigenvalue weighted by atomic mass is 10.2. The first-order valence-corrected chi connectivity index (χ1v) is 9.58. The van der Waals surface area contributed by atoms with Crippen LogP contribution < -0.4 is 11.1 Å². The fourth-order valence-electron chi connectivity index (χ4n) is 2.56. The normalized spacial score (nSPS) is 13.8. The van der Waals surface area contributed by atoms with E-state index in [0.717, 1.165) is 12.3 Å². The number of thiazole rings is 1. The number of carbonyl (C=O) groups is 1. The number of halogens is 3. The number of rotatable bonds is 7. The highest BCUT2D eigenvalue weighted by Crippen LogP contribution is 2.29. The quantitative estimate of drug-likeness (QED) is 0.380. The van der Waals surface area contributed by atoms with E-state index < -0.39 is 36.4 Å². The Morgan fingerprint density at radius 2 is 2.07 bits per heavy atom. The second kappa shape index (κ2) is 8.92. The summed E-state index contributed by atoms with van der Waals surface area (Å²) in [5, 5.41) is 23.4. The number of pyridine rings is 1. The molecule has 30 heavy (non-hydrogen) atoms. The van der Waals surface area contributed by atoms with Gasteiger partial charge in [0.2, 0.25) is 0 Å². The Hall–Kier alpha value is -2.80. The van der Waals surface area contributed by atoms with Gasteiger partial charge in [0.25, 0.3) is 5.91 Å². The highest BCUT2D eigenvalue weighted by Gasteiger charge is 2.30. The lowest BCUT2D eigenvalue weighted by molar-refractivity contribution is -0.137. The van der Waals surface area contributed by atoms with Gasteiger partial charge in [-0.3, -0.25) is 9.78 Å². The van der Waals surface area contributed by atoms with Crippen molar-refractivity contribution in [3.05, 3.63) is 57.8 Å². The van der Waals surface area contributed by atoms with Gasteiger partial charge in [0.15, 0.2) is 0 Å². The molecule has 0 radical (unpaired) electrons. The fourth-order valence-corrected chi connectivity index (χ4v) is 3.49. The molecule has 3 heterocycles. The highest BCUT2D eigenvalue weighted by molar-refractivity contribution is 7.09. The highest BCUT2D eigenvalue weighted by atomic mass is 32.1. The molecular weight excluding hydrogens is 423 g/mol. The molecule has 0 spiro atoms. The molecular formula is C18H18F3N5O3S. The predicted molar refractivity (Wildman–Crippen MR) is 102 cm³/mol. The van der Waals surface area contributed by atoms with E-state index in [-0.39, 0.29) is 23.6 Å². The van der Waals surface area contributed by atoms with E-state index in [4.69, 9.17) is 10.8 Å². The molecule has 3 rings (SSSR count). The summed E-state index contributed by atoms with van der Waals surface area (Å²) in [6, 6.07) is 4.50. The van der Waals surface area contributed by atoms with Crippen LogP contribution in [0.15, 0.2) is 35.8 Å². The number of H-pyrrole nitrogens is 1. The van der Waals surface area contributed by atoms with Crippen molar-refractivity contribution in [2.24, 2.45) is 5.73 Å². The molecule has 1 amide bonds. The maximum atomic E-state index is 12.7. The molecule has 0 bridgehead atoms. The molecule has 8 nitrogen and oxygen atoms in total. The van der Waals surface area contributed by atoms with Gasteiger partial charge in [-0.05, 0) is 24.3 Å². The summed E-state index contributed by atoms with van der Waals surface area (Å²) in [5.41, 5.74) is 5.93. The molecule has 3 aromatic heterocycles. The zero-order valence-corrected chi connectivity index (χ0v) is 16.2. The molecule has 12 heteroatoms. The summed E-state index contributed by atoms with van der Waals surface area (Å²) in [4.78, 5) is 23.3. The first kappa shape index (κ1) is 21.9. The van der Waals surface area contributed by atoms with Crippen molar-refractivity contribution in [3.8, 4) is 11.4 Å². The van der Waals surface area contributed by atoms with E-state index in [9.17, 15) is 23.1 Å². The Balaban J connectivity index is 1.71. The summed E-state index contributed by atoms with van der Waals surface area (Å²) in [6.07, 6.45) is -4.88. The van der Waals surface area contributed by atoms with Crippen molar-refractivity contribution in [2.75, 3.05) is 13.2 Å². The third kappa shape index (κ3) is 4.84. The molecule has 0 aliphatic rings. The molecule has 2 atom stereocenters. The minimum absolute atomic E-state index is 0.0436. The molecule has 0 aliphatic heterocycles. The van der Waals surface area contributed by atoms with Crippen LogP contribution in [-0.4, -0.2) is 44.2 Å². The minimum Gasteiger partial charge on any atom is -0.393 e. The Labute approximate surface area is 172 Å². The lowest BCUT2D eigenvalue weighted by Crippen LogP contribution is -2.33. The fraction of sp³-hybridized carbons (Fsp3) is 0.278. The topological polar surface area (TPSA) is 137 Å². The van der Waals surface area contributed by atoms with Gasteiger partial charge in [0.1, 0.15) is 16.8 Å². The van der Waals surface area contributed by atoms with Gasteiger partial charge < -0.3 is 26.2 Å². The lowest BCUT2D eigenvalue weighted by Gasteiger charge is -2.14. The number of hydrogen-bond acceptors (Lipinski definition) is 7. The number of nitrogens with zero attached hydrogens (tertiary/aromatic N) is 2. The van der Waals surface area contributed by atoms with Crippen molar-refractivity contribution in [1.29, 1.82) is 0 Å². The van der Waals surface area contributed by atoms with Crippen LogP contribution in [-0.2, 0) is 6.18 Å². The first-order valence-electron chi connectivity index (χ1n) is 8.70. The summed E-state index contributed by atoms with van der Waals surface area (Å²) in [5.74, 6) is -0.497. The molecule has 1 unspecified atom stereocenters. The van der Waals surface area contributed by atoms with Crippen LogP contribution in [0.5, 0.6) is 0 Å². The van der Waals surface area contributed by atoms with Gasteiger partial charge in [-0.25, -0.2) is 4.98 Å². The number of amides is 1. The number of aromatic amines is 1. The third-order valence-electron chi connectivity index (χ3n) is 4.19. The van der Waals surface area contributed by atoms with Gasteiger partial charge in [0.05, 0.1) is 35.3 Å². The largest absolute Gasteiger partial charge is 0.417 e.